The summed E-state index contributed by atoms with van der Waals surface area (Å²) in [4.78, 5) is 9.38. The molecule has 0 aliphatic carbocycles. The van der Waals surface area contributed by atoms with Crippen molar-refractivity contribution >= 4 is 27.8 Å². The Bertz CT molecular complexity index is 978. The molecule has 0 aliphatic rings. The van der Waals surface area contributed by atoms with E-state index in [1.165, 1.54) is 0 Å². The summed E-state index contributed by atoms with van der Waals surface area (Å²) < 4.78 is 8.35. The van der Waals surface area contributed by atoms with Crippen molar-refractivity contribution in [3.63, 3.8) is 0 Å². The Balaban J connectivity index is 2.08. The van der Waals surface area contributed by atoms with Gasteiger partial charge in [0.05, 0.1) is 17.6 Å². The van der Waals surface area contributed by atoms with Gasteiger partial charge in [0.25, 0.3) is 0 Å². The molecule has 0 atom stereocenters. The van der Waals surface area contributed by atoms with Crippen LogP contribution in [0.15, 0.2) is 18.2 Å². The van der Waals surface area contributed by atoms with Gasteiger partial charge in [0, 0.05) is 24.4 Å². The molecule has 0 amide bonds. The number of aliphatic hydroxyl groups is 1. The number of hydrogen-bond donors (Lipinski definition) is 2. The molecule has 2 aromatic heterocycles. The van der Waals surface area contributed by atoms with Gasteiger partial charge in [-0.3, -0.25) is 0 Å². The number of ether oxygens (including phenoxy) is 1. The first-order chi connectivity index (χ1) is 13.9. The van der Waals surface area contributed by atoms with E-state index in [1.807, 2.05) is 18.2 Å². The summed E-state index contributed by atoms with van der Waals surface area (Å²) in [5.41, 5.74) is 8.51. The highest BCUT2D eigenvalue weighted by Crippen LogP contribution is 2.32. The number of aryl methyl sites for hydroxylation is 1. The first kappa shape index (κ1) is 21.4. The summed E-state index contributed by atoms with van der Waals surface area (Å²) in [5, 5.41) is 10.6. The average molecular weight is 399 g/mol. The lowest BCUT2D eigenvalue weighted by molar-refractivity contribution is 0.0969. The minimum atomic E-state index is -0.231. The molecule has 158 valence electrons. The first-order valence-electron chi connectivity index (χ1n) is 10.8. The predicted octanol–water partition coefficient (Wildman–Crippen LogP) is 4.85. The Hall–Kier alpha value is -2.34. The number of benzene rings is 1. The Kier molecular flexibility index (Phi) is 6.63. The number of nitrogens with two attached hydrogens (primary N) is 1. The van der Waals surface area contributed by atoms with E-state index in [-0.39, 0.29) is 12.2 Å². The van der Waals surface area contributed by atoms with Gasteiger partial charge >= 0.3 is 0 Å². The maximum atomic E-state index is 9.62. The SMILES string of the molecule is CCCCc1nc2c(N)nc3cc(OC(C)(C)CCCC)ccc3c2n1CCO. The summed E-state index contributed by atoms with van der Waals surface area (Å²) in [6, 6.07) is 5.99. The minimum absolute atomic E-state index is 0.0567. The molecule has 0 bridgehead atoms. The molecule has 3 N–H and O–H groups in total. The van der Waals surface area contributed by atoms with E-state index in [2.05, 4.69) is 37.2 Å². The van der Waals surface area contributed by atoms with Crippen LogP contribution in [0.1, 0.15) is 65.6 Å². The summed E-state index contributed by atoms with van der Waals surface area (Å²) in [7, 11) is 0. The maximum absolute atomic E-state index is 9.62. The van der Waals surface area contributed by atoms with Crippen molar-refractivity contribution in [2.75, 3.05) is 12.3 Å². The molecular formula is C23H34N4O2. The number of imidazole rings is 1. The zero-order valence-corrected chi connectivity index (χ0v) is 18.2. The second-order valence-electron chi connectivity index (χ2n) is 8.35. The van der Waals surface area contributed by atoms with Crippen LogP contribution in [0, 0.1) is 0 Å². The number of nitrogen functional groups attached to an aromatic ring is 1. The van der Waals surface area contributed by atoms with Crippen LogP contribution < -0.4 is 10.5 Å². The molecule has 6 heteroatoms. The normalized spacial score (nSPS) is 12.2. The topological polar surface area (TPSA) is 86.2 Å². The van der Waals surface area contributed by atoms with E-state index in [0.717, 1.165) is 66.5 Å². The Morgan fingerprint density at radius 2 is 1.90 bits per heavy atom. The predicted molar refractivity (Wildman–Crippen MR) is 119 cm³/mol. The van der Waals surface area contributed by atoms with Crippen LogP contribution in [0.25, 0.3) is 21.9 Å². The van der Waals surface area contributed by atoms with Crippen molar-refractivity contribution < 1.29 is 9.84 Å². The zero-order chi connectivity index (χ0) is 21.0. The number of aromatic nitrogens is 3. The molecule has 3 rings (SSSR count). The summed E-state index contributed by atoms with van der Waals surface area (Å²) in [6.45, 7) is 9.14. The van der Waals surface area contributed by atoms with Crippen molar-refractivity contribution in [3.05, 3.63) is 24.0 Å². The van der Waals surface area contributed by atoms with E-state index in [1.54, 1.807) is 0 Å². The van der Waals surface area contributed by atoms with Crippen molar-refractivity contribution in [1.29, 1.82) is 0 Å². The summed E-state index contributed by atoms with van der Waals surface area (Å²) in [6.07, 6.45) is 6.28. The van der Waals surface area contributed by atoms with Crippen molar-refractivity contribution in [3.8, 4) is 5.75 Å². The standard InChI is InChI=1S/C23H34N4O2/c1-5-7-9-19-26-20-21(27(19)13-14-28)17-11-10-16(15-18(17)25-22(20)24)29-23(3,4)12-8-6-2/h10-11,15,28H,5-9,12-14H2,1-4H3,(H2,24,25). The van der Waals surface area contributed by atoms with Crippen LogP contribution in [0.2, 0.25) is 0 Å². The fourth-order valence-electron chi connectivity index (χ4n) is 3.84. The first-order valence-corrected chi connectivity index (χ1v) is 10.8. The van der Waals surface area contributed by atoms with Crippen molar-refractivity contribution in [2.45, 2.75) is 78.4 Å². The van der Waals surface area contributed by atoms with E-state index < -0.39 is 0 Å². The fourth-order valence-corrected chi connectivity index (χ4v) is 3.84. The van der Waals surface area contributed by atoms with Gasteiger partial charge in [-0.05, 0) is 45.2 Å². The Morgan fingerprint density at radius 1 is 1.14 bits per heavy atom. The molecule has 0 saturated carbocycles. The maximum Gasteiger partial charge on any atom is 0.152 e. The highest BCUT2D eigenvalue weighted by molar-refractivity contribution is 6.06. The minimum Gasteiger partial charge on any atom is -0.488 e. The van der Waals surface area contributed by atoms with Crippen LogP contribution in [-0.4, -0.2) is 31.8 Å². The van der Waals surface area contributed by atoms with Crippen LogP contribution in [0.4, 0.5) is 5.82 Å². The number of rotatable bonds is 10. The van der Waals surface area contributed by atoms with E-state index >= 15 is 0 Å². The van der Waals surface area contributed by atoms with E-state index in [4.69, 9.17) is 15.5 Å². The van der Waals surface area contributed by atoms with Gasteiger partial charge in [-0.25, -0.2) is 9.97 Å². The van der Waals surface area contributed by atoms with Crippen molar-refractivity contribution in [1.82, 2.24) is 14.5 Å². The van der Waals surface area contributed by atoms with Gasteiger partial charge in [0.2, 0.25) is 0 Å². The number of unbranched alkanes of at least 4 members (excludes halogenated alkanes) is 2. The Labute approximate surface area is 173 Å². The monoisotopic (exact) mass is 398 g/mol. The van der Waals surface area contributed by atoms with Gasteiger partial charge in [-0.2, -0.15) is 0 Å². The number of hydrogen-bond acceptors (Lipinski definition) is 5. The van der Waals surface area contributed by atoms with Gasteiger partial charge in [-0.1, -0.05) is 26.7 Å². The third-order valence-corrected chi connectivity index (χ3v) is 5.36. The van der Waals surface area contributed by atoms with E-state index in [9.17, 15) is 5.11 Å². The molecule has 0 radical (unpaired) electrons. The number of anilines is 1. The molecule has 6 nitrogen and oxygen atoms in total. The molecule has 0 fully saturated rings. The third-order valence-electron chi connectivity index (χ3n) is 5.36. The number of aliphatic hydroxyl groups excluding tert-OH is 1. The van der Waals surface area contributed by atoms with Gasteiger partial charge in [0.15, 0.2) is 5.82 Å². The number of pyridine rings is 1. The Morgan fingerprint density at radius 3 is 2.59 bits per heavy atom. The number of nitrogens with zero attached hydrogens (tertiary/aromatic N) is 3. The van der Waals surface area contributed by atoms with Gasteiger partial charge in [-0.15, -0.1) is 0 Å². The highest BCUT2D eigenvalue weighted by Gasteiger charge is 2.21. The fraction of sp³-hybridized carbons (Fsp3) is 0.565. The average Bonchev–Trinajstić information content (AvgIpc) is 3.04. The largest absolute Gasteiger partial charge is 0.488 e. The molecule has 2 heterocycles. The molecule has 1 aromatic carbocycles. The lowest BCUT2D eigenvalue weighted by Gasteiger charge is -2.26. The van der Waals surface area contributed by atoms with Crippen LogP contribution in [0.3, 0.4) is 0 Å². The number of fused-ring (bicyclic) bond motifs is 3. The second-order valence-corrected chi connectivity index (χ2v) is 8.35. The molecule has 29 heavy (non-hydrogen) atoms. The molecule has 0 aliphatic heterocycles. The quantitative estimate of drug-likeness (QED) is 0.510. The molecule has 0 spiro atoms. The third kappa shape index (κ3) is 4.64. The smallest absolute Gasteiger partial charge is 0.152 e. The second kappa shape index (κ2) is 8.99. The molecular weight excluding hydrogens is 364 g/mol. The van der Waals surface area contributed by atoms with Crippen molar-refractivity contribution in [2.24, 2.45) is 0 Å². The highest BCUT2D eigenvalue weighted by atomic mass is 16.5. The van der Waals surface area contributed by atoms with Gasteiger partial charge < -0.3 is 20.1 Å². The molecule has 0 unspecified atom stereocenters. The summed E-state index contributed by atoms with van der Waals surface area (Å²) in [5.74, 6) is 2.17. The zero-order valence-electron chi connectivity index (χ0n) is 18.2. The lowest BCUT2D eigenvalue weighted by Crippen LogP contribution is -2.27. The van der Waals surface area contributed by atoms with Crippen LogP contribution in [-0.2, 0) is 13.0 Å². The van der Waals surface area contributed by atoms with E-state index in [0.29, 0.717) is 17.9 Å². The lowest BCUT2D eigenvalue weighted by atomic mass is 10.0. The summed E-state index contributed by atoms with van der Waals surface area (Å²) >= 11 is 0. The van der Waals surface area contributed by atoms with Crippen LogP contribution >= 0.6 is 0 Å². The van der Waals surface area contributed by atoms with Gasteiger partial charge in [0.1, 0.15) is 22.7 Å². The molecule has 0 saturated heterocycles. The van der Waals surface area contributed by atoms with Crippen LogP contribution in [0.5, 0.6) is 5.75 Å². The molecule has 3 aromatic rings.